The molecular weight excluding hydrogens is 290 g/mol. The lowest BCUT2D eigenvalue weighted by Gasteiger charge is -2.05. The van der Waals surface area contributed by atoms with E-state index in [2.05, 4.69) is 34.3 Å². The third-order valence-corrected chi connectivity index (χ3v) is 3.66. The van der Waals surface area contributed by atoms with Gasteiger partial charge in [0.05, 0.1) is 5.69 Å². The van der Waals surface area contributed by atoms with Crippen molar-refractivity contribution in [3.8, 4) is 11.4 Å². The zero-order valence-corrected chi connectivity index (χ0v) is 12.8. The quantitative estimate of drug-likeness (QED) is 0.786. The highest BCUT2D eigenvalue weighted by atomic mass is 16.4. The highest BCUT2D eigenvalue weighted by Crippen LogP contribution is 2.17. The lowest BCUT2D eigenvalue weighted by atomic mass is 10.1. The van der Waals surface area contributed by atoms with Gasteiger partial charge in [0.15, 0.2) is 0 Å². The number of benzene rings is 1. The molecule has 0 aliphatic rings. The van der Waals surface area contributed by atoms with E-state index < -0.39 is 5.97 Å². The van der Waals surface area contributed by atoms with Gasteiger partial charge in [0.2, 0.25) is 0 Å². The first-order valence-electron chi connectivity index (χ1n) is 7.41. The van der Waals surface area contributed by atoms with Crippen LogP contribution in [0, 0.1) is 6.92 Å². The molecule has 2 heterocycles. The van der Waals surface area contributed by atoms with Crippen molar-refractivity contribution >= 4 is 5.97 Å². The second-order valence-electron chi connectivity index (χ2n) is 5.39. The Morgan fingerprint density at radius 2 is 1.91 bits per heavy atom. The fourth-order valence-electron chi connectivity index (χ4n) is 2.39. The Hall–Kier alpha value is -2.95. The molecule has 1 N–H and O–H groups in total. The van der Waals surface area contributed by atoms with Crippen molar-refractivity contribution in [2.75, 3.05) is 0 Å². The van der Waals surface area contributed by atoms with Gasteiger partial charge < -0.3 is 5.11 Å². The zero-order valence-electron chi connectivity index (χ0n) is 12.8. The molecule has 1 aromatic carbocycles. The molecule has 0 atom stereocenters. The van der Waals surface area contributed by atoms with Crippen molar-refractivity contribution in [3.63, 3.8) is 0 Å². The molecule has 3 aromatic rings. The van der Waals surface area contributed by atoms with E-state index in [0.717, 1.165) is 12.0 Å². The summed E-state index contributed by atoms with van der Waals surface area (Å²) in [6, 6.07) is 15.3. The summed E-state index contributed by atoms with van der Waals surface area (Å²) in [7, 11) is 0. The second kappa shape index (κ2) is 6.44. The Labute approximate surface area is 134 Å². The number of rotatable bonds is 5. The summed E-state index contributed by atoms with van der Waals surface area (Å²) >= 11 is 0. The lowest BCUT2D eigenvalue weighted by Crippen LogP contribution is -2.11. The van der Waals surface area contributed by atoms with Gasteiger partial charge in [-0.25, -0.2) is 4.79 Å². The van der Waals surface area contributed by atoms with Crippen LogP contribution in [0.4, 0.5) is 0 Å². The molecule has 0 bridgehead atoms. The van der Waals surface area contributed by atoms with Crippen LogP contribution in [-0.4, -0.2) is 25.8 Å². The van der Waals surface area contributed by atoms with Gasteiger partial charge >= 0.3 is 5.97 Å². The van der Waals surface area contributed by atoms with Crippen LogP contribution in [0.5, 0.6) is 0 Å². The van der Waals surface area contributed by atoms with Gasteiger partial charge in [0, 0.05) is 18.8 Å². The van der Waals surface area contributed by atoms with Crippen molar-refractivity contribution in [2.24, 2.45) is 0 Å². The zero-order chi connectivity index (χ0) is 16.2. The van der Waals surface area contributed by atoms with E-state index in [-0.39, 0.29) is 5.69 Å². The monoisotopic (exact) mass is 307 g/mol. The summed E-state index contributed by atoms with van der Waals surface area (Å²) in [5, 5.41) is 13.8. The predicted molar refractivity (Wildman–Crippen MR) is 87.3 cm³/mol. The standard InChI is InChI=1S/C18H17N3O2/c1-13-5-7-14(8-6-13)9-11-21-17(18(22)23)12-16(20-21)15-4-2-3-10-19-15/h2-8,10,12H,9,11H2,1H3,(H,22,23). The van der Waals surface area contributed by atoms with Crippen molar-refractivity contribution < 1.29 is 9.90 Å². The number of hydrogen-bond donors (Lipinski definition) is 1. The van der Waals surface area contributed by atoms with Crippen LogP contribution in [0.15, 0.2) is 54.7 Å². The van der Waals surface area contributed by atoms with Crippen LogP contribution < -0.4 is 0 Å². The Morgan fingerprint density at radius 1 is 1.13 bits per heavy atom. The summed E-state index contributed by atoms with van der Waals surface area (Å²) < 4.78 is 1.53. The van der Waals surface area contributed by atoms with Crippen LogP contribution in [-0.2, 0) is 13.0 Å². The largest absolute Gasteiger partial charge is 0.477 e. The third kappa shape index (κ3) is 3.45. The smallest absolute Gasteiger partial charge is 0.354 e. The highest BCUT2D eigenvalue weighted by Gasteiger charge is 2.15. The number of aryl methyl sites for hydroxylation is 3. The summed E-state index contributed by atoms with van der Waals surface area (Å²) in [5.74, 6) is -0.983. The fraction of sp³-hybridized carbons (Fsp3) is 0.167. The molecule has 3 rings (SSSR count). The number of hydrogen-bond acceptors (Lipinski definition) is 3. The predicted octanol–water partition coefficient (Wildman–Crippen LogP) is 3.19. The minimum atomic E-state index is -0.983. The van der Waals surface area contributed by atoms with Crippen molar-refractivity contribution in [1.82, 2.24) is 14.8 Å². The van der Waals surface area contributed by atoms with Crippen molar-refractivity contribution in [2.45, 2.75) is 19.9 Å². The second-order valence-corrected chi connectivity index (χ2v) is 5.39. The Morgan fingerprint density at radius 3 is 2.57 bits per heavy atom. The van der Waals surface area contributed by atoms with Crippen LogP contribution in [0.3, 0.4) is 0 Å². The molecule has 2 aromatic heterocycles. The summed E-state index contributed by atoms with van der Waals surface area (Å²) in [5.41, 5.74) is 3.78. The maximum atomic E-state index is 11.4. The van der Waals surface area contributed by atoms with Gasteiger partial charge in [-0.05, 0) is 31.0 Å². The maximum absolute atomic E-state index is 11.4. The van der Waals surface area contributed by atoms with E-state index in [4.69, 9.17) is 0 Å². The molecule has 116 valence electrons. The molecular formula is C18H17N3O2. The molecule has 0 amide bonds. The summed E-state index contributed by atoms with van der Waals surface area (Å²) in [4.78, 5) is 15.7. The van der Waals surface area contributed by atoms with E-state index in [0.29, 0.717) is 17.9 Å². The molecule has 0 unspecified atom stereocenters. The van der Waals surface area contributed by atoms with Crippen LogP contribution in [0.25, 0.3) is 11.4 Å². The van der Waals surface area contributed by atoms with E-state index >= 15 is 0 Å². The Kier molecular flexibility index (Phi) is 4.19. The molecule has 0 aliphatic heterocycles. The molecule has 0 fully saturated rings. The van der Waals surface area contributed by atoms with Crippen LogP contribution in [0.2, 0.25) is 0 Å². The number of carboxylic acids is 1. The van der Waals surface area contributed by atoms with E-state index in [1.165, 1.54) is 10.2 Å². The first-order valence-corrected chi connectivity index (χ1v) is 7.41. The number of pyridine rings is 1. The topological polar surface area (TPSA) is 68.0 Å². The number of aromatic carboxylic acids is 1. The van der Waals surface area contributed by atoms with Crippen molar-refractivity contribution in [3.05, 3.63) is 71.5 Å². The molecule has 5 heteroatoms. The van der Waals surface area contributed by atoms with Crippen LogP contribution >= 0.6 is 0 Å². The highest BCUT2D eigenvalue weighted by molar-refractivity contribution is 5.87. The first kappa shape index (κ1) is 15.0. The van der Waals surface area contributed by atoms with Gasteiger partial charge in [-0.2, -0.15) is 5.10 Å². The molecule has 0 aliphatic carbocycles. The van der Waals surface area contributed by atoms with Crippen LogP contribution in [0.1, 0.15) is 21.6 Å². The van der Waals surface area contributed by atoms with Gasteiger partial charge in [-0.15, -0.1) is 0 Å². The van der Waals surface area contributed by atoms with Gasteiger partial charge in [0.25, 0.3) is 0 Å². The van der Waals surface area contributed by atoms with E-state index in [1.54, 1.807) is 12.3 Å². The normalized spacial score (nSPS) is 10.7. The Bertz CT molecular complexity index is 808. The number of carboxylic acid groups (broad SMARTS) is 1. The number of carbonyl (C=O) groups is 1. The molecule has 0 spiro atoms. The summed E-state index contributed by atoms with van der Waals surface area (Å²) in [6.07, 6.45) is 2.39. The molecule has 0 saturated heterocycles. The molecule has 0 radical (unpaired) electrons. The maximum Gasteiger partial charge on any atom is 0.354 e. The SMILES string of the molecule is Cc1ccc(CCn2nc(-c3ccccn3)cc2C(=O)O)cc1. The van der Waals surface area contributed by atoms with E-state index in [1.807, 2.05) is 25.1 Å². The summed E-state index contributed by atoms with van der Waals surface area (Å²) in [6.45, 7) is 2.55. The average Bonchev–Trinajstić information content (AvgIpc) is 3.00. The minimum Gasteiger partial charge on any atom is -0.477 e. The number of nitrogens with zero attached hydrogens (tertiary/aromatic N) is 3. The van der Waals surface area contributed by atoms with E-state index in [9.17, 15) is 9.90 Å². The molecule has 0 saturated carbocycles. The lowest BCUT2D eigenvalue weighted by molar-refractivity contribution is 0.0683. The Balaban J connectivity index is 1.84. The van der Waals surface area contributed by atoms with Crippen molar-refractivity contribution in [1.29, 1.82) is 0 Å². The van der Waals surface area contributed by atoms with Gasteiger partial charge in [0.1, 0.15) is 11.4 Å². The fourth-order valence-corrected chi connectivity index (χ4v) is 2.39. The third-order valence-electron chi connectivity index (χ3n) is 3.66. The molecule has 23 heavy (non-hydrogen) atoms. The minimum absolute atomic E-state index is 0.178. The van der Waals surface area contributed by atoms with Gasteiger partial charge in [-0.1, -0.05) is 35.9 Å². The molecule has 5 nitrogen and oxygen atoms in total. The number of aromatic nitrogens is 3. The first-order chi connectivity index (χ1) is 11.1. The average molecular weight is 307 g/mol. The van der Waals surface area contributed by atoms with Gasteiger partial charge in [-0.3, -0.25) is 9.67 Å².